The van der Waals surface area contributed by atoms with Gasteiger partial charge in [0.05, 0.1) is 7.11 Å². The molecule has 6 nitrogen and oxygen atoms in total. The Kier molecular flexibility index (Phi) is 9.71. The van der Waals surface area contributed by atoms with Crippen molar-refractivity contribution in [2.24, 2.45) is 0 Å². The zero-order valence-electron chi connectivity index (χ0n) is 18.1. The van der Waals surface area contributed by atoms with Crippen molar-refractivity contribution in [3.8, 4) is 11.5 Å². The van der Waals surface area contributed by atoms with Gasteiger partial charge in [0.2, 0.25) is 5.91 Å². The quantitative estimate of drug-likeness (QED) is 0.580. The van der Waals surface area contributed by atoms with Crippen molar-refractivity contribution < 1.29 is 19.1 Å². The lowest BCUT2D eigenvalue weighted by atomic mass is 10.1. The first kappa shape index (κ1) is 23.3. The van der Waals surface area contributed by atoms with Gasteiger partial charge in [-0.1, -0.05) is 44.2 Å². The van der Waals surface area contributed by atoms with Crippen LogP contribution in [0.1, 0.15) is 32.3 Å². The van der Waals surface area contributed by atoms with Crippen LogP contribution < -0.4 is 14.8 Å². The molecule has 0 aliphatic heterocycles. The van der Waals surface area contributed by atoms with Gasteiger partial charge in [0.25, 0.3) is 5.91 Å². The van der Waals surface area contributed by atoms with E-state index >= 15 is 0 Å². The first-order valence-corrected chi connectivity index (χ1v) is 10.5. The molecular weight excluding hydrogens is 380 g/mol. The minimum absolute atomic E-state index is 0.120. The van der Waals surface area contributed by atoms with E-state index in [0.29, 0.717) is 31.7 Å². The fourth-order valence-electron chi connectivity index (χ4n) is 3.16. The molecule has 30 heavy (non-hydrogen) atoms. The third-order valence-electron chi connectivity index (χ3n) is 4.84. The van der Waals surface area contributed by atoms with Gasteiger partial charge in [0.15, 0.2) is 6.61 Å². The van der Waals surface area contributed by atoms with Crippen LogP contribution in [0.3, 0.4) is 0 Å². The Morgan fingerprint density at radius 1 is 1.00 bits per heavy atom. The summed E-state index contributed by atoms with van der Waals surface area (Å²) in [6.07, 6.45) is 2.06. The molecule has 1 N–H and O–H groups in total. The Morgan fingerprint density at radius 3 is 2.27 bits per heavy atom. The molecule has 0 aliphatic carbocycles. The predicted octanol–water partition coefficient (Wildman–Crippen LogP) is 3.45. The minimum Gasteiger partial charge on any atom is -0.497 e. The van der Waals surface area contributed by atoms with Crippen molar-refractivity contribution in [3.05, 3.63) is 60.2 Å². The van der Waals surface area contributed by atoms with E-state index in [0.717, 1.165) is 17.7 Å². The third-order valence-corrected chi connectivity index (χ3v) is 4.84. The number of hydrogen-bond acceptors (Lipinski definition) is 4. The highest BCUT2D eigenvalue weighted by Crippen LogP contribution is 2.17. The smallest absolute Gasteiger partial charge is 0.261 e. The van der Waals surface area contributed by atoms with Crippen molar-refractivity contribution in [1.82, 2.24) is 10.2 Å². The second-order valence-electron chi connectivity index (χ2n) is 7.00. The Balaban J connectivity index is 2.08. The lowest BCUT2D eigenvalue weighted by Gasteiger charge is -2.30. The van der Waals surface area contributed by atoms with Crippen LogP contribution in [-0.2, 0) is 16.0 Å². The standard InChI is InChI=1S/C24H32N2O4/c1-4-16-25-24(28)22(5-2)26(17-15-19-9-7-6-8-10-19)23(27)18-30-21-13-11-20(29-3)12-14-21/h6-14,22H,4-5,15-18H2,1-3H3,(H,25,28)/t22-/m1/s1. The van der Waals surface area contributed by atoms with Crippen LogP contribution in [0.5, 0.6) is 11.5 Å². The second-order valence-corrected chi connectivity index (χ2v) is 7.00. The summed E-state index contributed by atoms with van der Waals surface area (Å²) in [6, 6.07) is 16.5. The first-order valence-electron chi connectivity index (χ1n) is 10.5. The molecule has 0 unspecified atom stereocenters. The van der Waals surface area contributed by atoms with Crippen LogP contribution in [0.4, 0.5) is 0 Å². The number of rotatable bonds is 12. The molecular formula is C24H32N2O4. The Bertz CT molecular complexity index is 778. The number of methoxy groups -OCH3 is 1. The topological polar surface area (TPSA) is 67.9 Å². The molecule has 0 aromatic heterocycles. The van der Waals surface area contributed by atoms with E-state index in [9.17, 15) is 9.59 Å². The van der Waals surface area contributed by atoms with E-state index in [1.165, 1.54) is 0 Å². The number of carbonyl (C=O) groups is 2. The predicted molar refractivity (Wildman–Crippen MR) is 118 cm³/mol. The molecule has 0 saturated carbocycles. The fourth-order valence-corrected chi connectivity index (χ4v) is 3.16. The molecule has 162 valence electrons. The van der Waals surface area contributed by atoms with Gasteiger partial charge in [-0.3, -0.25) is 9.59 Å². The van der Waals surface area contributed by atoms with Gasteiger partial charge in [-0.15, -0.1) is 0 Å². The summed E-state index contributed by atoms with van der Waals surface area (Å²) in [5.41, 5.74) is 1.12. The summed E-state index contributed by atoms with van der Waals surface area (Å²) in [5, 5.41) is 2.92. The molecule has 2 amide bonds. The highest BCUT2D eigenvalue weighted by molar-refractivity contribution is 5.88. The van der Waals surface area contributed by atoms with Gasteiger partial charge in [-0.2, -0.15) is 0 Å². The van der Waals surface area contributed by atoms with E-state index in [4.69, 9.17) is 9.47 Å². The van der Waals surface area contributed by atoms with Crippen molar-refractivity contribution in [1.29, 1.82) is 0 Å². The van der Waals surface area contributed by atoms with Gasteiger partial charge >= 0.3 is 0 Å². The first-order chi connectivity index (χ1) is 14.6. The number of amides is 2. The highest BCUT2D eigenvalue weighted by Gasteiger charge is 2.28. The molecule has 1 atom stereocenters. The molecule has 2 aromatic carbocycles. The minimum atomic E-state index is -0.521. The summed E-state index contributed by atoms with van der Waals surface area (Å²) in [6.45, 7) is 4.84. The van der Waals surface area contributed by atoms with Gasteiger partial charge in [-0.25, -0.2) is 0 Å². The molecule has 0 bridgehead atoms. The molecule has 0 heterocycles. The lowest BCUT2D eigenvalue weighted by molar-refractivity contribution is -0.142. The van der Waals surface area contributed by atoms with Crippen LogP contribution in [0, 0.1) is 0 Å². The van der Waals surface area contributed by atoms with Crippen LogP contribution in [-0.4, -0.2) is 49.6 Å². The van der Waals surface area contributed by atoms with Gasteiger partial charge in [0.1, 0.15) is 17.5 Å². The summed E-state index contributed by atoms with van der Waals surface area (Å²) < 4.78 is 10.8. The maximum absolute atomic E-state index is 13.0. The van der Waals surface area contributed by atoms with E-state index in [2.05, 4.69) is 5.32 Å². The normalized spacial score (nSPS) is 11.4. The van der Waals surface area contributed by atoms with Crippen molar-refractivity contribution in [2.75, 3.05) is 26.8 Å². The van der Waals surface area contributed by atoms with Gasteiger partial charge in [0, 0.05) is 13.1 Å². The Labute approximate surface area is 179 Å². The molecule has 6 heteroatoms. The van der Waals surface area contributed by atoms with E-state index in [-0.39, 0.29) is 18.4 Å². The van der Waals surface area contributed by atoms with Gasteiger partial charge in [-0.05, 0) is 49.1 Å². The number of ether oxygens (including phenoxy) is 2. The third kappa shape index (κ3) is 7.10. The number of benzene rings is 2. The maximum Gasteiger partial charge on any atom is 0.261 e. The van der Waals surface area contributed by atoms with Crippen LogP contribution in [0.15, 0.2) is 54.6 Å². The molecule has 2 rings (SSSR count). The van der Waals surface area contributed by atoms with E-state index in [1.807, 2.05) is 44.2 Å². The fraction of sp³-hybridized carbons (Fsp3) is 0.417. The number of nitrogens with one attached hydrogen (secondary N) is 1. The zero-order valence-corrected chi connectivity index (χ0v) is 18.1. The van der Waals surface area contributed by atoms with Crippen LogP contribution in [0.2, 0.25) is 0 Å². The Hall–Kier alpha value is -3.02. The van der Waals surface area contributed by atoms with Crippen LogP contribution in [0.25, 0.3) is 0 Å². The maximum atomic E-state index is 13.0. The number of hydrogen-bond donors (Lipinski definition) is 1. The summed E-state index contributed by atoms with van der Waals surface area (Å²) in [5.74, 6) is 0.970. The van der Waals surface area contributed by atoms with E-state index in [1.54, 1.807) is 36.3 Å². The number of carbonyl (C=O) groups excluding carboxylic acids is 2. The highest BCUT2D eigenvalue weighted by atomic mass is 16.5. The molecule has 2 aromatic rings. The summed E-state index contributed by atoms with van der Waals surface area (Å²) in [7, 11) is 1.60. The average molecular weight is 413 g/mol. The summed E-state index contributed by atoms with van der Waals surface area (Å²) in [4.78, 5) is 27.4. The average Bonchev–Trinajstić information content (AvgIpc) is 2.79. The lowest BCUT2D eigenvalue weighted by Crippen LogP contribution is -2.51. The Morgan fingerprint density at radius 2 is 1.67 bits per heavy atom. The number of nitrogens with zero attached hydrogens (tertiary/aromatic N) is 1. The largest absolute Gasteiger partial charge is 0.497 e. The molecule has 0 saturated heterocycles. The van der Waals surface area contributed by atoms with Gasteiger partial charge < -0.3 is 19.7 Å². The monoisotopic (exact) mass is 412 g/mol. The molecule has 0 fully saturated rings. The summed E-state index contributed by atoms with van der Waals surface area (Å²) >= 11 is 0. The van der Waals surface area contributed by atoms with E-state index < -0.39 is 6.04 Å². The SMILES string of the molecule is CCCNC(=O)[C@@H](CC)N(CCc1ccccc1)C(=O)COc1ccc(OC)cc1. The van der Waals surface area contributed by atoms with Crippen molar-refractivity contribution in [3.63, 3.8) is 0 Å². The van der Waals surface area contributed by atoms with Crippen LogP contribution >= 0.6 is 0 Å². The molecule has 0 aliphatic rings. The zero-order chi connectivity index (χ0) is 21.8. The second kappa shape index (κ2) is 12.5. The van der Waals surface area contributed by atoms with Crippen molar-refractivity contribution in [2.45, 2.75) is 39.2 Å². The molecule has 0 spiro atoms. The molecule has 0 radical (unpaired) electrons. The van der Waals surface area contributed by atoms with Crippen molar-refractivity contribution >= 4 is 11.8 Å².